The zero-order valence-electron chi connectivity index (χ0n) is 9.80. The van der Waals surface area contributed by atoms with Crippen LogP contribution >= 0.6 is 0 Å². The van der Waals surface area contributed by atoms with E-state index in [1.807, 2.05) is 0 Å². The molecule has 2 N–H and O–H groups in total. The minimum absolute atomic E-state index is 0.226. The van der Waals surface area contributed by atoms with Crippen molar-refractivity contribution in [3.8, 4) is 0 Å². The summed E-state index contributed by atoms with van der Waals surface area (Å²) in [6, 6.07) is 3.35. The lowest BCUT2D eigenvalue weighted by Gasteiger charge is -2.24. The van der Waals surface area contributed by atoms with Crippen molar-refractivity contribution in [1.29, 1.82) is 0 Å². The van der Waals surface area contributed by atoms with Gasteiger partial charge in [0.2, 0.25) is 6.10 Å². The van der Waals surface area contributed by atoms with E-state index in [9.17, 15) is 30.7 Å². The fourth-order valence-corrected chi connectivity index (χ4v) is 1.44. The Hall–Kier alpha value is -1.35. The van der Waals surface area contributed by atoms with Crippen molar-refractivity contribution >= 4 is 0 Å². The molecular formula is C11H10F7NO. The Labute approximate surface area is 109 Å². The summed E-state index contributed by atoms with van der Waals surface area (Å²) in [6.07, 6.45) is -15.2. The third-order valence-electron chi connectivity index (χ3n) is 2.34. The van der Waals surface area contributed by atoms with E-state index in [0.29, 0.717) is 0 Å². The number of rotatable bonds is 4. The van der Waals surface area contributed by atoms with Crippen LogP contribution in [0.4, 0.5) is 30.7 Å². The normalized spacial score (nSPS) is 14.7. The topological polar surface area (TPSA) is 35.2 Å². The lowest BCUT2D eigenvalue weighted by molar-refractivity contribution is -0.322. The minimum Gasteiger partial charge on any atom is -0.359 e. The molecule has 1 rings (SSSR count). The van der Waals surface area contributed by atoms with Gasteiger partial charge in [0.05, 0.1) is 12.6 Å². The highest BCUT2D eigenvalue weighted by atomic mass is 19.4. The van der Waals surface area contributed by atoms with Gasteiger partial charge in [-0.15, -0.1) is 0 Å². The number of hydrogen-bond donors (Lipinski definition) is 1. The van der Waals surface area contributed by atoms with E-state index in [1.54, 1.807) is 0 Å². The molecule has 0 heterocycles. The van der Waals surface area contributed by atoms with Gasteiger partial charge in [-0.2, -0.15) is 26.3 Å². The Morgan fingerprint density at radius 2 is 1.50 bits per heavy atom. The van der Waals surface area contributed by atoms with Crippen LogP contribution in [0.2, 0.25) is 0 Å². The highest BCUT2D eigenvalue weighted by molar-refractivity contribution is 5.20. The van der Waals surface area contributed by atoms with Crippen LogP contribution in [0.3, 0.4) is 0 Å². The molecule has 0 bridgehead atoms. The van der Waals surface area contributed by atoms with Crippen molar-refractivity contribution in [2.24, 2.45) is 5.73 Å². The Morgan fingerprint density at radius 3 is 1.95 bits per heavy atom. The van der Waals surface area contributed by atoms with Crippen molar-refractivity contribution < 1.29 is 35.5 Å². The molecule has 0 saturated heterocycles. The largest absolute Gasteiger partial charge is 0.423 e. The van der Waals surface area contributed by atoms with Crippen molar-refractivity contribution in [3.05, 3.63) is 35.6 Å². The van der Waals surface area contributed by atoms with E-state index < -0.39 is 36.9 Å². The smallest absolute Gasteiger partial charge is 0.359 e. The van der Waals surface area contributed by atoms with Gasteiger partial charge >= 0.3 is 12.4 Å². The lowest BCUT2D eigenvalue weighted by atomic mass is 10.1. The minimum atomic E-state index is -5.62. The summed E-state index contributed by atoms with van der Waals surface area (Å²) in [5.74, 6) is -0.834. The molecule has 1 unspecified atom stereocenters. The average Bonchev–Trinajstić information content (AvgIpc) is 2.25. The van der Waals surface area contributed by atoms with E-state index in [2.05, 4.69) is 4.74 Å². The molecule has 1 aromatic carbocycles. The zero-order chi connectivity index (χ0) is 15.6. The van der Waals surface area contributed by atoms with Crippen LogP contribution in [0.5, 0.6) is 0 Å². The molecule has 114 valence electrons. The molecular weight excluding hydrogens is 295 g/mol. The van der Waals surface area contributed by atoms with E-state index >= 15 is 0 Å². The summed E-state index contributed by atoms with van der Waals surface area (Å²) in [7, 11) is 0. The Morgan fingerprint density at radius 1 is 1.00 bits per heavy atom. The molecule has 0 aliphatic heterocycles. The first-order valence-corrected chi connectivity index (χ1v) is 5.28. The van der Waals surface area contributed by atoms with E-state index in [0.717, 1.165) is 12.1 Å². The first kappa shape index (κ1) is 16.7. The van der Waals surface area contributed by atoms with Gasteiger partial charge in [0, 0.05) is 5.56 Å². The zero-order valence-corrected chi connectivity index (χ0v) is 9.80. The van der Waals surface area contributed by atoms with Crippen LogP contribution in [0, 0.1) is 5.82 Å². The molecule has 0 radical (unpaired) electrons. The predicted molar refractivity (Wildman–Crippen MR) is 55.2 cm³/mol. The molecule has 0 aromatic heterocycles. The van der Waals surface area contributed by atoms with Gasteiger partial charge in [-0.05, 0) is 6.07 Å². The molecule has 20 heavy (non-hydrogen) atoms. The average molecular weight is 305 g/mol. The van der Waals surface area contributed by atoms with Crippen molar-refractivity contribution in [2.45, 2.75) is 24.5 Å². The molecule has 9 heteroatoms. The van der Waals surface area contributed by atoms with Crippen molar-refractivity contribution in [1.82, 2.24) is 0 Å². The second-order valence-corrected chi connectivity index (χ2v) is 3.92. The van der Waals surface area contributed by atoms with Crippen molar-refractivity contribution in [3.63, 3.8) is 0 Å². The Kier molecular flexibility index (Phi) is 4.98. The van der Waals surface area contributed by atoms with Crippen LogP contribution in [-0.2, 0) is 4.74 Å². The fourth-order valence-electron chi connectivity index (χ4n) is 1.44. The highest BCUT2D eigenvalue weighted by Gasteiger charge is 2.58. The van der Waals surface area contributed by atoms with Crippen LogP contribution in [0.25, 0.3) is 0 Å². The summed E-state index contributed by atoms with van der Waals surface area (Å²) in [4.78, 5) is 0. The molecule has 0 aliphatic rings. The standard InChI is InChI=1S/C11H10F7NO/c12-7-4-2-1-3-6(7)8(19)5-20-9(10(13,14)15)11(16,17)18/h1-4,8-9H,5,19H2. The number of benzene rings is 1. The van der Waals surface area contributed by atoms with Crippen LogP contribution in [0.15, 0.2) is 24.3 Å². The Balaban J connectivity index is 2.76. The Bertz CT molecular complexity index is 429. The molecule has 0 saturated carbocycles. The van der Waals surface area contributed by atoms with E-state index in [1.165, 1.54) is 12.1 Å². The summed E-state index contributed by atoms with van der Waals surface area (Å²) in [5, 5.41) is 0. The number of ether oxygens (including phenoxy) is 1. The van der Waals surface area contributed by atoms with Gasteiger partial charge in [-0.1, -0.05) is 18.2 Å². The molecule has 0 aliphatic carbocycles. The highest BCUT2D eigenvalue weighted by Crippen LogP contribution is 2.36. The van der Waals surface area contributed by atoms with Crippen molar-refractivity contribution in [2.75, 3.05) is 6.61 Å². The second kappa shape index (κ2) is 5.96. The number of nitrogens with two attached hydrogens (primary N) is 1. The maximum absolute atomic E-state index is 13.3. The number of hydrogen-bond acceptors (Lipinski definition) is 2. The SMILES string of the molecule is NC(COC(C(F)(F)F)C(F)(F)F)c1ccccc1F. The first-order valence-electron chi connectivity index (χ1n) is 5.28. The predicted octanol–water partition coefficient (Wildman–Crippen LogP) is 3.34. The molecule has 2 nitrogen and oxygen atoms in total. The van der Waals surface area contributed by atoms with Gasteiger partial charge in [0.1, 0.15) is 5.82 Å². The second-order valence-electron chi connectivity index (χ2n) is 3.92. The van der Waals surface area contributed by atoms with Crippen LogP contribution in [-0.4, -0.2) is 25.1 Å². The summed E-state index contributed by atoms with van der Waals surface area (Å²) in [5.41, 5.74) is 5.10. The third kappa shape index (κ3) is 4.34. The molecule has 1 atom stereocenters. The number of halogens is 7. The van der Waals surface area contributed by atoms with Gasteiger partial charge in [-0.25, -0.2) is 4.39 Å². The quantitative estimate of drug-likeness (QED) is 0.866. The monoisotopic (exact) mass is 305 g/mol. The molecule has 0 spiro atoms. The van der Waals surface area contributed by atoms with Gasteiger partial charge < -0.3 is 10.5 Å². The maximum atomic E-state index is 13.3. The summed E-state index contributed by atoms with van der Waals surface area (Å²) >= 11 is 0. The summed E-state index contributed by atoms with van der Waals surface area (Å²) in [6.45, 7) is -1.12. The van der Waals surface area contributed by atoms with Gasteiger partial charge in [0.25, 0.3) is 0 Å². The van der Waals surface area contributed by atoms with E-state index in [-0.39, 0.29) is 5.56 Å². The van der Waals surface area contributed by atoms with Crippen LogP contribution < -0.4 is 5.73 Å². The van der Waals surface area contributed by atoms with Crippen LogP contribution in [0.1, 0.15) is 11.6 Å². The number of alkyl halides is 6. The van der Waals surface area contributed by atoms with Gasteiger partial charge in [0.15, 0.2) is 0 Å². The lowest BCUT2D eigenvalue weighted by Crippen LogP contribution is -2.45. The molecule has 0 fully saturated rings. The fraction of sp³-hybridized carbons (Fsp3) is 0.455. The van der Waals surface area contributed by atoms with Gasteiger partial charge in [-0.3, -0.25) is 0 Å². The van der Waals surface area contributed by atoms with E-state index in [4.69, 9.17) is 5.73 Å². The third-order valence-corrected chi connectivity index (χ3v) is 2.34. The first-order chi connectivity index (χ1) is 9.03. The molecule has 1 aromatic rings. The molecule has 0 amide bonds. The maximum Gasteiger partial charge on any atom is 0.423 e. The summed E-state index contributed by atoms with van der Waals surface area (Å²) < 4.78 is 90.2.